The minimum absolute atomic E-state index is 0.0639. The summed E-state index contributed by atoms with van der Waals surface area (Å²) in [6.45, 7) is 8.96. The van der Waals surface area contributed by atoms with Gasteiger partial charge in [-0.15, -0.1) is 0 Å². The van der Waals surface area contributed by atoms with Crippen LogP contribution in [-0.4, -0.2) is 138 Å². The second-order valence-corrected chi connectivity index (χ2v) is 21.8. The molecule has 3 aliphatic heterocycles. The fourth-order valence-corrected chi connectivity index (χ4v) is 11.5. The molecule has 9 rings (SSSR count). The number of benzene rings is 2. The van der Waals surface area contributed by atoms with E-state index in [1.165, 1.54) is 21.9 Å². The highest BCUT2D eigenvalue weighted by atomic mass is 16.7. The lowest BCUT2D eigenvalue weighted by atomic mass is 9.84. The number of cyclic esters (lactones) is 1. The molecule has 74 heavy (non-hydrogen) atoms. The molecule has 6 bridgehead atoms. The van der Waals surface area contributed by atoms with Gasteiger partial charge in [0.2, 0.25) is 17.7 Å². The minimum atomic E-state index is -1.22. The second kappa shape index (κ2) is 21.8. The summed E-state index contributed by atoms with van der Waals surface area (Å²) in [5, 5.41) is 8.70. The zero-order valence-electron chi connectivity index (χ0n) is 44.0. The molecule has 6 atom stereocenters. The van der Waals surface area contributed by atoms with Crippen molar-refractivity contribution >= 4 is 46.7 Å². The van der Waals surface area contributed by atoms with Gasteiger partial charge in [0.1, 0.15) is 29.9 Å². The van der Waals surface area contributed by atoms with Gasteiger partial charge in [-0.3, -0.25) is 39.3 Å². The van der Waals surface area contributed by atoms with E-state index in [0.717, 1.165) is 64.7 Å². The maximum atomic E-state index is 15.1. The van der Waals surface area contributed by atoms with Crippen molar-refractivity contribution in [3.8, 4) is 28.1 Å². The highest BCUT2D eigenvalue weighted by Gasteiger charge is 2.52. The van der Waals surface area contributed by atoms with Crippen LogP contribution in [0.2, 0.25) is 0 Å². The fraction of sp³-hybridized carbons (Fsp3) is 0.554. The summed E-state index contributed by atoms with van der Waals surface area (Å²) in [7, 11) is 6.10. The zero-order valence-corrected chi connectivity index (χ0v) is 44.0. The first-order valence-corrected chi connectivity index (χ1v) is 26.3. The van der Waals surface area contributed by atoms with Crippen LogP contribution >= 0.6 is 0 Å². The first-order chi connectivity index (χ1) is 35.5. The van der Waals surface area contributed by atoms with Crippen LogP contribution in [0.25, 0.3) is 33.3 Å². The third kappa shape index (κ3) is 11.2. The number of carbonyl (C=O) groups is 6. The predicted octanol–water partition coefficient (Wildman–Crippen LogP) is 6.12. The van der Waals surface area contributed by atoms with Gasteiger partial charge >= 0.3 is 12.1 Å². The number of pyridine rings is 1. The van der Waals surface area contributed by atoms with Crippen molar-refractivity contribution < 1.29 is 47.7 Å². The van der Waals surface area contributed by atoms with Crippen molar-refractivity contribution in [2.24, 2.45) is 17.3 Å². The number of carbonyl (C=O) groups excluding carboxylic acids is 6. The van der Waals surface area contributed by atoms with Crippen LogP contribution in [-0.2, 0) is 57.6 Å². The molecular formula is C56H72N8O10. The summed E-state index contributed by atoms with van der Waals surface area (Å²) in [4.78, 5) is 92.1. The lowest BCUT2D eigenvalue weighted by Gasteiger charge is -2.37. The third-order valence-electron chi connectivity index (χ3n) is 15.7. The average molecular weight is 1020 g/mol. The van der Waals surface area contributed by atoms with Crippen LogP contribution < -0.4 is 20.8 Å². The Morgan fingerprint density at radius 1 is 0.973 bits per heavy atom. The summed E-state index contributed by atoms with van der Waals surface area (Å²) in [5.74, 6) is -1.58. The molecule has 3 N–H and O–H groups in total. The highest BCUT2D eigenvalue weighted by Crippen LogP contribution is 2.43. The number of nitrogens with one attached hydrogen (secondary N) is 3. The number of hydrogen-bond acceptors (Lipinski definition) is 13. The van der Waals surface area contributed by atoms with E-state index in [4.69, 9.17) is 23.9 Å². The Balaban J connectivity index is 1.12. The lowest BCUT2D eigenvalue weighted by molar-refractivity contribution is -0.155. The van der Waals surface area contributed by atoms with Crippen molar-refractivity contribution in [1.82, 2.24) is 40.4 Å². The third-order valence-corrected chi connectivity index (χ3v) is 15.7. The normalized spacial score (nSPS) is 22.8. The molecular weight excluding hydrogens is 945 g/mol. The van der Waals surface area contributed by atoms with Gasteiger partial charge in [-0.25, -0.2) is 10.2 Å². The van der Waals surface area contributed by atoms with E-state index in [-0.39, 0.29) is 67.8 Å². The average Bonchev–Trinajstić information content (AvgIpc) is 4.33. The number of methoxy groups -OCH3 is 2. The molecule has 5 aliphatic rings. The predicted molar refractivity (Wildman–Crippen MR) is 276 cm³/mol. The smallest absolute Gasteiger partial charge is 0.464 e. The molecule has 1 unspecified atom stereocenters. The molecule has 4 amide bonds. The second-order valence-electron chi connectivity index (χ2n) is 21.8. The standard InChI is InChI=1S/C56H72N8O10/c1-9-63-44-21-20-36-28-40(44)41(50(63)39-16-12-22-57-46(39)32(2)71-7)29-56(3,4)31-73-54(69)42-17-13-23-64(60-42)52(67)43(26-33-24-37(36)27-38(25-33)74-55(70)72-8)58-51(66)49(35-14-10-11-15-35)62(6)45(65)30-61(5)53(68)48-47(59-48)34-18-19-34/h12,16,20-22,24-25,27-28,32,34-35,42-43,47-49,59-60H,9-11,13-15,17-19,23,26,29-31H2,1-8H3,(H,58,66)/t32-,42-,43-,47+,48+,49?/m0/s1. The largest absolute Gasteiger partial charge is 0.513 e. The molecule has 396 valence electrons. The van der Waals surface area contributed by atoms with Gasteiger partial charge in [-0.2, -0.15) is 0 Å². The number of aryl methyl sites for hydroxylation is 1. The number of amides is 4. The number of likely N-dealkylation sites (N-methyl/N-ethyl adjacent to an activating group) is 2. The van der Waals surface area contributed by atoms with E-state index < -0.39 is 47.5 Å². The first kappa shape index (κ1) is 52.5. The number of hydrazine groups is 1. The van der Waals surface area contributed by atoms with Crippen LogP contribution in [0.4, 0.5) is 4.79 Å². The summed E-state index contributed by atoms with van der Waals surface area (Å²) >= 11 is 0. The van der Waals surface area contributed by atoms with E-state index in [0.29, 0.717) is 55.7 Å². The van der Waals surface area contributed by atoms with Crippen LogP contribution in [0.5, 0.6) is 5.75 Å². The number of esters is 1. The number of hydrogen-bond donors (Lipinski definition) is 3. The molecule has 2 aromatic carbocycles. The maximum Gasteiger partial charge on any atom is 0.513 e. The summed E-state index contributed by atoms with van der Waals surface area (Å²) in [6.07, 6.45) is 7.22. The van der Waals surface area contributed by atoms with E-state index in [1.807, 2.05) is 25.1 Å². The highest BCUT2D eigenvalue weighted by molar-refractivity contribution is 5.97. The fourth-order valence-electron chi connectivity index (χ4n) is 11.5. The number of aromatic nitrogens is 2. The van der Waals surface area contributed by atoms with Gasteiger partial charge < -0.3 is 38.6 Å². The zero-order chi connectivity index (χ0) is 52.6. The Kier molecular flexibility index (Phi) is 15.5. The maximum absolute atomic E-state index is 15.1. The van der Waals surface area contributed by atoms with Gasteiger partial charge in [-0.1, -0.05) is 38.8 Å². The number of rotatable bonds is 13. The first-order valence-electron chi connectivity index (χ1n) is 26.3. The molecule has 2 saturated carbocycles. The molecule has 0 radical (unpaired) electrons. The van der Waals surface area contributed by atoms with Crippen LogP contribution in [0.15, 0.2) is 54.7 Å². The molecule has 18 nitrogen and oxygen atoms in total. The molecule has 5 heterocycles. The summed E-state index contributed by atoms with van der Waals surface area (Å²) in [6, 6.07) is 12.3. The van der Waals surface area contributed by atoms with Crippen molar-refractivity contribution in [2.45, 2.75) is 135 Å². The summed E-state index contributed by atoms with van der Waals surface area (Å²) in [5.41, 5.74) is 9.28. The van der Waals surface area contributed by atoms with Gasteiger partial charge in [0, 0.05) is 74.8 Å². The molecule has 2 saturated heterocycles. The number of nitrogens with zero attached hydrogens (tertiary/aromatic N) is 5. The minimum Gasteiger partial charge on any atom is -0.464 e. The van der Waals surface area contributed by atoms with Gasteiger partial charge in [0.15, 0.2) is 0 Å². The SMILES string of the molecule is CCn1c(-c2cccnc2[C@H](C)OC)c2c3cc(ccc31)-c1cc(cc(OC(=O)OC)c1)C[C@H](NC(=O)C(C1CCCC1)N(C)C(=O)CN(C)C(=O)[C@@H]1N[C@@H]1C1CC1)C(=O)N1CCC[C@H](N1)C(=O)OCC(C)(C)C2. The number of fused-ring (bicyclic) bond motifs is 6. The summed E-state index contributed by atoms with van der Waals surface area (Å²) < 4.78 is 24.9. The van der Waals surface area contributed by atoms with E-state index in [1.54, 1.807) is 39.5 Å². The Bertz CT molecular complexity index is 2800. The Labute approximate surface area is 433 Å². The van der Waals surface area contributed by atoms with Crippen molar-refractivity contribution in [1.29, 1.82) is 0 Å². The van der Waals surface area contributed by atoms with Crippen molar-refractivity contribution in [3.05, 3.63) is 71.5 Å². The molecule has 2 aliphatic carbocycles. The van der Waals surface area contributed by atoms with Crippen molar-refractivity contribution in [3.63, 3.8) is 0 Å². The molecule has 0 spiro atoms. The van der Waals surface area contributed by atoms with Gasteiger partial charge in [0.25, 0.3) is 5.91 Å². The van der Waals surface area contributed by atoms with Crippen LogP contribution in [0, 0.1) is 17.3 Å². The van der Waals surface area contributed by atoms with E-state index in [9.17, 15) is 19.2 Å². The number of ether oxygens (including phenoxy) is 4. The molecule has 4 fully saturated rings. The van der Waals surface area contributed by atoms with Crippen LogP contribution in [0.3, 0.4) is 0 Å². The molecule has 18 heteroatoms. The monoisotopic (exact) mass is 1020 g/mol. The quantitative estimate of drug-likeness (QED) is 0.0784. The van der Waals surface area contributed by atoms with E-state index in [2.05, 4.69) is 59.6 Å². The molecule has 4 aromatic rings. The Morgan fingerprint density at radius 3 is 2.46 bits per heavy atom. The van der Waals surface area contributed by atoms with Gasteiger partial charge in [0.05, 0.1) is 37.8 Å². The Morgan fingerprint density at radius 2 is 1.74 bits per heavy atom. The molecule has 2 aromatic heterocycles. The van der Waals surface area contributed by atoms with Crippen molar-refractivity contribution in [2.75, 3.05) is 48.0 Å². The Hall–Kier alpha value is -6.37. The topological polar surface area (TPSA) is 213 Å². The van der Waals surface area contributed by atoms with E-state index >= 15 is 9.59 Å². The van der Waals surface area contributed by atoms with Gasteiger partial charge in [-0.05, 0) is 129 Å². The van der Waals surface area contributed by atoms with Crippen LogP contribution in [0.1, 0.15) is 102 Å². The lowest BCUT2D eigenvalue weighted by Crippen LogP contribution is -2.62.